The van der Waals surface area contributed by atoms with Gasteiger partial charge in [0.05, 0.1) is 14.2 Å². The van der Waals surface area contributed by atoms with E-state index in [9.17, 15) is 18.4 Å². The summed E-state index contributed by atoms with van der Waals surface area (Å²) in [4.78, 5) is 26.1. The molecule has 0 saturated carbocycles. The number of benzene rings is 2. The van der Waals surface area contributed by atoms with Crippen LogP contribution in [0.5, 0.6) is 11.5 Å². The fraction of sp³-hybridized carbons (Fsp3) is 0.300. The molecule has 8 heteroatoms. The van der Waals surface area contributed by atoms with Gasteiger partial charge in [0.2, 0.25) is 0 Å². The van der Waals surface area contributed by atoms with Crippen molar-refractivity contribution >= 4 is 11.9 Å². The number of alkyl halides is 2. The lowest BCUT2D eigenvalue weighted by Crippen LogP contribution is -2.36. The van der Waals surface area contributed by atoms with Crippen LogP contribution in [0.4, 0.5) is 8.78 Å². The maximum absolute atomic E-state index is 13.0. The number of carbonyl (C=O) groups excluding carboxylic acids is 2. The molecule has 0 unspecified atom stereocenters. The van der Waals surface area contributed by atoms with Crippen molar-refractivity contribution in [1.82, 2.24) is 4.90 Å². The summed E-state index contributed by atoms with van der Waals surface area (Å²) in [5.41, 5.74) is 1.99. The Hall–Kier alpha value is -3.16. The highest BCUT2D eigenvalue weighted by Crippen LogP contribution is 2.30. The van der Waals surface area contributed by atoms with Crippen LogP contribution in [0, 0.1) is 6.92 Å². The number of amides is 1. The summed E-state index contributed by atoms with van der Waals surface area (Å²) < 4.78 is 39.0. The van der Waals surface area contributed by atoms with Gasteiger partial charge in [-0.25, -0.2) is 0 Å². The van der Waals surface area contributed by atoms with Crippen LogP contribution < -0.4 is 9.47 Å². The Morgan fingerprint density at radius 2 is 1.79 bits per heavy atom. The summed E-state index contributed by atoms with van der Waals surface area (Å²) in [6, 6.07) is 11.3. The first-order valence-electron chi connectivity index (χ1n) is 8.39. The summed E-state index contributed by atoms with van der Waals surface area (Å²) in [6.07, 6.45) is 0. The average molecular weight is 393 g/mol. The lowest BCUT2D eigenvalue weighted by Gasteiger charge is -2.23. The van der Waals surface area contributed by atoms with Gasteiger partial charge < -0.3 is 19.1 Å². The van der Waals surface area contributed by atoms with E-state index >= 15 is 0 Å². The Morgan fingerprint density at radius 1 is 1.07 bits per heavy atom. The monoisotopic (exact) mass is 393 g/mol. The molecule has 0 aliphatic rings. The molecule has 2 aromatic carbocycles. The molecule has 150 valence electrons. The predicted molar refractivity (Wildman–Crippen MR) is 97.6 cm³/mol. The van der Waals surface area contributed by atoms with Crippen LogP contribution in [0.1, 0.15) is 21.5 Å². The Balaban J connectivity index is 2.33. The molecule has 0 bridgehead atoms. The van der Waals surface area contributed by atoms with E-state index in [2.05, 4.69) is 9.47 Å². The molecule has 0 fully saturated rings. The predicted octanol–water partition coefficient (Wildman–Crippen LogP) is 3.42. The molecular weight excluding hydrogens is 372 g/mol. The number of esters is 1. The summed E-state index contributed by atoms with van der Waals surface area (Å²) in [5.74, 6) is -1.25. The highest BCUT2D eigenvalue weighted by molar-refractivity contribution is 5.96. The van der Waals surface area contributed by atoms with Crippen molar-refractivity contribution in [2.24, 2.45) is 0 Å². The largest absolute Gasteiger partial charge is 0.493 e. The van der Waals surface area contributed by atoms with Gasteiger partial charge in [0.1, 0.15) is 6.54 Å². The van der Waals surface area contributed by atoms with E-state index in [0.29, 0.717) is 0 Å². The normalized spacial score (nSPS) is 10.5. The fourth-order valence-electron chi connectivity index (χ4n) is 2.59. The molecular formula is C20H21F2NO5. The van der Waals surface area contributed by atoms with Crippen LogP contribution in [-0.2, 0) is 16.1 Å². The van der Waals surface area contributed by atoms with E-state index in [1.807, 2.05) is 31.2 Å². The van der Waals surface area contributed by atoms with Gasteiger partial charge in [-0.15, -0.1) is 0 Å². The van der Waals surface area contributed by atoms with Gasteiger partial charge in [-0.3, -0.25) is 9.59 Å². The zero-order chi connectivity index (χ0) is 20.7. The third-order valence-electron chi connectivity index (χ3n) is 4.08. The van der Waals surface area contributed by atoms with Crippen LogP contribution in [0.3, 0.4) is 0 Å². The third-order valence-corrected chi connectivity index (χ3v) is 4.08. The van der Waals surface area contributed by atoms with E-state index in [-0.39, 0.29) is 30.2 Å². The molecule has 1 amide bonds. The van der Waals surface area contributed by atoms with Gasteiger partial charge in [0.15, 0.2) is 11.5 Å². The molecule has 0 saturated heterocycles. The maximum atomic E-state index is 13.0. The lowest BCUT2D eigenvalue weighted by atomic mass is 10.1. The summed E-state index contributed by atoms with van der Waals surface area (Å²) in [7, 11) is 2.51. The molecule has 0 aliphatic heterocycles. The van der Waals surface area contributed by atoms with Crippen LogP contribution in [0.25, 0.3) is 0 Å². The van der Waals surface area contributed by atoms with Crippen molar-refractivity contribution in [3.8, 4) is 11.5 Å². The molecule has 0 heterocycles. The zero-order valence-electron chi connectivity index (χ0n) is 15.8. The highest BCUT2D eigenvalue weighted by Gasteiger charge is 2.22. The average Bonchev–Trinajstić information content (AvgIpc) is 2.68. The summed E-state index contributed by atoms with van der Waals surface area (Å²) >= 11 is 0. The van der Waals surface area contributed by atoms with Gasteiger partial charge in [-0.05, 0) is 36.2 Å². The number of aryl methyl sites for hydroxylation is 1. The minimum Gasteiger partial charge on any atom is -0.493 e. The van der Waals surface area contributed by atoms with Gasteiger partial charge >= 0.3 is 12.6 Å². The Labute approximate surface area is 161 Å². The molecule has 0 atom stereocenters. The number of ether oxygens (including phenoxy) is 3. The van der Waals surface area contributed by atoms with Crippen molar-refractivity contribution in [2.45, 2.75) is 20.1 Å². The third kappa shape index (κ3) is 5.42. The molecule has 28 heavy (non-hydrogen) atoms. The topological polar surface area (TPSA) is 65.1 Å². The Kier molecular flexibility index (Phi) is 7.31. The first-order chi connectivity index (χ1) is 13.3. The second-order valence-corrected chi connectivity index (χ2v) is 5.91. The smallest absolute Gasteiger partial charge is 0.387 e. The highest BCUT2D eigenvalue weighted by atomic mass is 19.3. The quantitative estimate of drug-likeness (QED) is 0.643. The van der Waals surface area contributed by atoms with Gasteiger partial charge in [-0.2, -0.15) is 8.78 Å². The van der Waals surface area contributed by atoms with Crippen molar-refractivity contribution in [3.05, 3.63) is 59.2 Å². The molecule has 2 aromatic rings. The number of carbonyl (C=O) groups is 2. The first kappa shape index (κ1) is 21.1. The minimum atomic E-state index is -3.02. The number of hydrogen-bond acceptors (Lipinski definition) is 5. The van der Waals surface area contributed by atoms with E-state index < -0.39 is 18.5 Å². The molecule has 6 nitrogen and oxygen atoms in total. The number of nitrogens with zero attached hydrogens (tertiary/aromatic N) is 1. The second-order valence-electron chi connectivity index (χ2n) is 5.91. The molecule has 0 radical (unpaired) electrons. The molecule has 0 aromatic heterocycles. The van der Waals surface area contributed by atoms with Crippen molar-refractivity contribution in [1.29, 1.82) is 0 Å². The SMILES string of the molecule is COC(=O)CN(Cc1ccccc1C)C(=O)c1ccc(OC(F)F)c(OC)c1. The van der Waals surface area contributed by atoms with E-state index in [1.54, 1.807) is 0 Å². The van der Waals surface area contributed by atoms with Crippen LogP contribution in [0.15, 0.2) is 42.5 Å². The van der Waals surface area contributed by atoms with Crippen LogP contribution in [-0.4, -0.2) is 44.2 Å². The van der Waals surface area contributed by atoms with E-state index in [0.717, 1.165) is 11.1 Å². The molecule has 2 rings (SSSR count). The molecule has 0 N–H and O–H groups in total. The number of halogens is 2. The maximum Gasteiger partial charge on any atom is 0.387 e. The molecule has 0 spiro atoms. The van der Waals surface area contributed by atoms with Crippen LogP contribution >= 0.6 is 0 Å². The number of hydrogen-bond donors (Lipinski definition) is 0. The van der Waals surface area contributed by atoms with Crippen molar-refractivity contribution in [3.63, 3.8) is 0 Å². The number of methoxy groups -OCH3 is 2. The first-order valence-corrected chi connectivity index (χ1v) is 8.39. The Bertz CT molecular complexity index is 841. The van der Waals surface area contributed by atoms with Gasteiger partial charge in [0, 0.05) is 12.1 Å². The minimum absolute atomic E-state index is 0.0138. The Morgan fingerprint density at radius 3 is 2.39 bits per heavy atom. The van der Waals surface area contributed by atoms with E-state index in [1.165, 1.54) is 37.3 Å². The summed E-state index contributed by atoms with van der Waals surface area (Å²) in [6.45, 7) is -1.21. The lowest BCUT2D eigenvalue weighted by molar-refractivity contribution is -0.141. The van der Waals surface area contributed by atoms with Crippen molar-refractivity contribution < 1.29 is 32.6 Å². The van der Waals surface area contributed by atoms with E-state index in [4.69, 9.17) is 4.74 Å². The van der Waals surface area contributed by atoms with Crippen LogP contribution in [0.2, 0.25) is 0 Å². The molecule has 0 aliphatic carbocycles. The number of rotatable bonds is 8. The van der Waals surface area contributed by atoms with Crippen molar-refractivity contribution in [2.75, 3.05) is 20.8 Å². The second kappa shape index (κ2) is 9.68. The zero-order valence-corrected chi connectivity index (χ0v) is 15.8. The van der Waals surface area contributed by atoms with Gasteiger partial charge in [-0.1, -0.05) is 24.3 Å². The fourth-order valence-corrected chi connectivity index (χ4v) is 2.59. The van der Waals surface area contributed by atoms with Gasteiger partial charge in [0.25, 0.3) is 5.91 Å². The standard InChI is InChI=1S/C20H21F2NO5/c1-13-6-4-5-7-15(13)11-23(12-18(24)27-3)19(25)14-8-9-16(28-20(21)22)17(10-14)26-2/h4-10,20H,11-12H2,1-3H3. The summed E-state index contributed by atoms with van der Waals surface area (Å²) in [5, 5.41) is 0.